The van der Waals surface area contributed by atoms with Crippen LogP contribution in [-0.2, 0) is 0 Å². The Bertz CT molecular complexity index is 877. The fraction of sp³-hybridized carbons (Fsp3) is 0.250. The minimum atomic E-state index is 0.319. The number of nitrogens with one attached hydrogen (secondary N) is 1. The fourth-order valence-corrected chi connectivity index (χ4v) is 2.67. The molecule has 0 spiro atoms. The van der Waals surface area contributed by atoms with E-state index in [0.717, 1.165) is 29.8 Å². The minimum Gasteiger partial charge on any atom is -0.494 e. The molecule has 24 heavy (non-hydrogen) atoms. The van der Waals surface area contributed by atoms with Crippen LogP contribution in [0.1, 0.15) is 18.9 Å². The van der Waals surface area contributed by atoms with Gasteiger partial charge in [-0.1, -0.05) is 17.7 Å². The largest absolute Gasteiger partial charge is 0.494 e. The Morgan fingerprint density at radius 1 is 1.33 bits per heavy atom. The van der Waals surface area contributed by atoms with Crippen LogP contribution < -0.4 is 10.1 Å². The van der Waals surface area contributed by atoms with Crippen LogP contribution >= 0.6 is 11.6 Å². The predicted molar refractivity (Wildman–Crippen MR) is 90.6 cm³/mol. The summed E-state index contributed by atoms with van der Waals surface area (Å²) in [5.41, 5.74) is 2.33. The number of para-hydroxylation sites is 1. The standard InChI is InChI=1S/C16H15ClN6O/c1-24-15-12(16-18-9-23(22-16)11-5-6-11)3-2-4-13(15)20-10-7-14(17)21-19-8-10/h2-4,7-9,11H,5-6H2,1H3,(H,20,21). The first-order chi connectivity index (χ1) is 11.7. The zero-order valence-corrected chi connectivity index (χ0v) is 13.7. The molecule has 1 N–H and O–H groups in total. The van der Waals surface area contributed by atoms with Crippen LogP contribution in [0.25, 0.3) is 11.4 Å². The molecule has 4 rings (SSSR count). The lowest BCUT2D eigenvalue weighted by Gasteiger charge is -2.13. The molecule has 1 aliphatic carbocycles. The second-order valence-corrected chi connectivity index (χ2v) is 5.94. The van der Waals surface area contributed by atoms with Gasteiger partial charge in [0.25, 0.3) is 0 Å². The first-order valence-electron chi connectivity index (χ1n) is 7.58. The summed E-state index contributed by atoms with van der Waals surface area (Å²) in [7, 11) is 1.62. The zero-order chi connectivity index (χ0) is 16.5. The van der Waals surface area contributed by atoms with Gasteiger partial charge in [-0.3, -0.25) is 0 Å². The van der Waals surface area contributed by atoms with Gasteiger partial charge in [-0.15, -0.1) is 5.10 Å². The van der Waals surface area contributed by atoms with Crippen LogP contribution in [0, 0.1) is 0 Å². The van der Waals surface area contributed by atoms with Gasteiger partial charge in [-0.25, -0.2) is 9.67 Å². The van der Waals surface area contributed by atoms with Crippen LogP contribution in [-0.4, -0.2) is 32.1 Å². The van der Waals surface area contributed by atoms with Gasteiger partial charge >= 0.3 is 0 Å². The molecule has 0 unspecified atom stereocenters. The Morgan fingerprint density at radius 2 is 2.21 bits per heavy atom. The number of anilines is 2. The summed E-state index contributed by atoms with van der Waals surface area (Å²) in [4.78, 5) is 4.42. The average Bonchev–Trinajstić information content (AvgIpc) is 3.32. The lowest BCUT2D eigenvalue weighted by Crippen LogP contribution is -1.99. The first kappa shape index (κ1) is 14.9. The molecule has 7 nitrogen and oxygen atoms in total. The van der Waals surface area contributed by atoms with Crippen molar-refractivity contribution in [2.24, 2.45) is 0 Å². The monoisotopic (exact) mass is 342 g/mol. The lowest BCUT2D eigenvalue weighted by atomic mass is 10.1. The number of halogens is 1. The summed E-state index contributed by atoms with van der Waals surface area (Å²) in [6, 6.07) is 7.96. The quantitative estimate of drug-likeness (QED) is 0.765. The number of hydrogen-bond donors (Lipinski definition) is 1. The van der Waals surface area contributed by atoms with Crippen molar-refractivity contribution in [3.8, 4) is 17.1 Å². The van der Waals surface area contributed by atoms with Crippen LogP contribution in [0.2, 0.25) is 5.15 Å². The second-order valence-electron chi connectivity index (χ2n) is 5.56. The number of ether oxygens (including phenoxy) is 1. The van der Waals surface area contributed by atoms with E-state index in [0.29, 0.717) is 22.8 Å². The molecule has 0 radical (unpaired) electrons. The number of hydrogen-bond acceptors (Lipinski definition) is 6. The van der Waals surface area contributed by atoms with Crippen molar-refractivity contribution in [2.45, 2.75) is 18.9 Å². The minimum absolute atomic E-state index is 0.319. The van der Waals surface area contributed by atoms with E-state index in [2.05, 4.69) is 25.6 Å². The molecule has 1 fully saturated rings. The number of aromatic nitrogens is 5. The SMILES string of the molecule is COc1c(Nc2cnnc(Cl)c2)cccc1-c1ncn(C2CC2)n1. The second kappa shape index (κ2) is 6.09. The molecule has 8 heteroatoms. The van der Waals surface area contributed by atoms with Gasteiger partial charge in [0.15, 0.2) is 16.7 Å². The van der Waals surface area contributed by atoms with Crippen LogP contribution in [0.3, 0.4) is 0 Å². The number of benzene rings is 1. The third-order valence-corrected chi connectivity index (χ3v) is 3.98. The molecule has 1 aliphatic rings. The Balaban J connectivity index is 1.70. The summed E-state index contributed by atoms with van der Waals surface area (Å²) in [5, 5.41) is 15.7. The van der Waals surface area contributed by atoms with Crippen molar-refractivity contribution < 1.29 is 4.74 Å². The topological polar surface area (TPSA) is 77.8 Å². The van der Waals surface area contributed by atoms with Crippen molar-refractivity contribution in [1.29, 1.82) is 0 Å². The third kappa shape index (κ3) is 2.90. The summed E-state index contributed by atoms with van der Waals surface area (Å²) >= 11 is 5.88. The highest BCUT2D eigenvalue weighted by molar-refractivity contribution is 6.29. The highest BCUT2D eigenvalue weighted by Gasteiger charge is 2.25. The van der Waals surface area contributed by atoms with E-state index in [1.807, 2.05) is 22.9 Å². The molecule has 0 saturated heterocycles. The van der Waals surface area contributed by atoms with Crippen LogP contribution in [0.4, 0.5) is 11.4 Å². The summed E-state index contributed by atoms with van der Waals surface area (Å²) in [6.45, 7) is 0. The molecule has 3 aromatic rings. The average molecular weight is 343 g/mol. The van der Waals surface area contributed by atoms with Crippen molar-refractivity contribution in [3.63, 3.8) is 0 Å². The molecule has 1 saturated carbocycles. The molecule has 0 bridgehead atoms. The van der Waals surface area contributed by atoms with Crippen molar-refractivity contribution in [1.82, 2.24) is 25.0 Å². The highest BCUT2D eigenvalue weighted by Crippen LogP contribution is 2.38. The van der Waals surface area contributed by atoms with Gasteiger partial charge in [0.1, 0.15) is 6.33 Å². The maximum Gasteiger partial charge on any atom is 0.184 e. The van der Waals surface area contributed by atoms with Gasteiger partial charge in [0.05, 0.1) is 36.3 Å². The van der Waals surface area contributed by atoms with E-state index in [-0.39, 0.29) is 0 Å². The van der Waals surface area contributed by atoms with Gasteiger partial charge in [0.2, 0.25) is 0 Å². The summed E-state index contributed by atoms with van der Waals surface area (Å²) < 4.78 is 7.52. The summed E-state index contributed by atoms with van der Waals surface area (Å²) in [5.74, 6) is 1.31. The van der Waals surface area contributed by atoms with Crippen LogP contribution in [0.5, 0.6) is 5.75 Å². The maximum absolute atomic E-state index is 5.88. The Labute approximate surface area is 143 Å². The Hall–Kier alpha value is -2.67. The number of nitrogens with zero attached hydrogens (tertiary/aromatic N) is 5. The molecule has 0 atom stereocenters. The van der Waals surface area contributed by atoms with E-state index in [1.165, 1.54) is 0 Å². The molecule has 122 valence electrons. The fourth-order valence-electron chi connectivity index (χ4n) is 2.51. The highest BCUT2D eigenvalue weighted by atomic mass is 35.5. The molecule has 2 aromatic heterocycles. The van der Waals surface area contributed by atoms with Crippen molar-refractivity contribution in [2.75, 3.05) is 12.4 Å². The Morgan fingerprint density at radius 3 is 2.96 bits per heavy atom. The van der Waals surface area contributed by atoms with E-state index in [9.17, 15) is 0 Å². The smallest absolute Gasteiger partial charge is 0.184 e. The van der Waals surface area contributed by atoms with E-state index in [4.69, 9.17) is 16.3 Å². The van der Waals surface area contributed by atoms with Gasteiger partial charge in [-0.05, 0) is 25.0 Å². The van der Waals surface area contributed by atoms with Gasteiger partial charge in [0, 0.05) is 6.07 Å². The number of methoxy groups -OCH3 is 1. The van der Waals surface area contributed by atoms with Crippen LogP contribution in [0.15, 0.2) is 36.8 Å². The van der Waals surface area contributed by atoms with Crippen molar-refractivity contribution in [3.05, 3.63) is 41.9 Å². The first-order valence-corrected chi connectivity index (χ1v) is 7.96. The van der Waals surface area contributed by atoms with Crippen molar-refractivity contribution >= 4 is 23.0 Å². The number of rotatable bonds is 5. The van der Waals surface area contributed by atoms with Gasteiger partial charge in [-0.2, -0.15) is 10.2 Å². The normalized spacial score (nSPS) is 13.8. The molecule has 0 aliphatic heterocycles. The third-order valence-electron chi connectivity index (χ3n) is 3.79. The van der Waals surface area contributed by atoms with E-state index < -0.39 is 0 Å². The molecule has 0 amide bonds. The predicted octanol–water partition coefficient (Wildman–Crippen LogP) is 3.48. The van der Waals surface area contributed by atoms with E-state index >= 15 is 0 Å². The molecular formula is C16H15ClN6O. The van der Waals surface area contributed by atoms with E-state index in [1.54, 1.807) is 25.7 Å². The molecular weight excluding hydrogens is 328 g/mol. The van der Waals surface area contributed by atoms with Gasteiger partial charge < -0.3 is 10.1 Å². The maximum atomic E-state index is 5.88. The molecule has 2 heterocycles. The zero-order valence-electron chi connectivity index (χ0n) is 13.0. The molecule has 1 aromatic carbocycles. The summed E-state index contributed by atoms with van der Waals surface area (Å²) in [6.07, 6.45) is 5.70. The Kier molecular flexibility index (Phi) is 3.78. The lowest BCUT2D eigenvalue weighted by molar-refractivity contribution is 0.418.